The zero-order valence-corrected chi connectivity index (χ0v) is 14.6. The highest BCUT2D eigenvalue weighted by Crippen LogP contribution is 2.18. The molecule has 10 heteroatoms. The lowest BCUT2D eigenvalue weighted by Gasteiger charge is -2.28. The van der Waals surface area contributed by atoms with Crippen molar-refractivity contribution in [2.24, 2.45) is 0 Å². The standard InChI is InChI=1S/C14H22BN3O6/c1-13(2,3)23-11(19)18(12(20)24-14(4,5)6)10-8-16-7-9(17-10)15(21)22/h7-8,21-22H,1-6H3. The van der Waals surface area contributed by atoms with Gasteiger partial charge in [0.2, 0.25) is 0 Å². The molecule has 0 saturated carbocycles. The van der Waals surface area contributed by atoms with E-state index >= 15 is 0 Å². The molecule has 0 saturated heterocycles. The first kappa shape index (κ1) is 19.9. The number of imide groups is 1. The van der Waals surface area contributed by atoms with Crippen LogP contribution in [0.3, 0.4) is 0 Å². The van der Waals surface area contributed by atoms with Crippen molar-refractivity contribution in [3.63, 3.8) is 0 Å². The third-order valence-corrected chi connectivity index (χ3v) is 2.29. The van der Waals surface area contributed by atoms with E-state index in [0.717, 1.165) is 12.4 Å². The van der Waals surface area contributed by atoms with Gasteiger partial charge in [-0.1, -0.05) is 0 Å². The molecule has 0 bridgehead atoms. The van der Waals surface area contributed by atoms with E-state index in [0.29, 0.717) is 4.90 Å². The predicted molar refractivity (Wildman–Crippen MR) is 86.8 cm³/mol. The van der Waals surface area contributed by atoms with E-state index in [4.69, 9.17) is 9.47 Å². The third kappa shape index (κ3) is 6.13. The molecule has 0 atom stereocenters. The van der Waals surface area contributed by atoms with E-state index in [2.05, 4.69) is 9.97 Å². The second-order valence-corrected chi connectivity index (χ2v) is 6.97. The molecule has 0 aliphatic heterocycles. The van der Waals surface area contributed by atoms with E-state index in [9.17, 15) is 19.6 Å². The molecule has 0 aliphatic rings. The molecule has 0 fully saturated rings. The SMILES string of the molecule is CC(C)(C)OC(=O)N(C(=O)OC(C)(C)C)c1cncc(B(O)O)n1. The summed E-state index contributed by atoms with van der Waals surface area (Å²) in [6.07, 6.45) is 0.169. The first-order valence-electron chi connectivity index (χ1n) is 7.24. The Bertz CT molecular complexity index is 581. The lowest BCUT2D eigenvalue weighted by molar-refractivity contribution is 0.0429. The number of aromatic nitrogens is 2. The lowest BCUT2D eigenvalue weighted by Crippen LogP contribution is -2.45. The Labute approximate surface area is 140 Å². The maximum absolute atomic E-state index is 12.4. The summed E-state index contributed by atoms with van der Waals surface area (Å²) in [5.41, 5.74) is -1.96. The van der Waals surface area contributed by atoms with Gasteiger partial charge in [-0.3, -0.25) is 4.98 Å². The molecule has 0 radical (unpaired) electrons. The average Bonchev–Trinajstić information content (AvgIpc) is 2.34. The van der Waals surface area contributed by atoms with Crippen LogP contribution in [0.5, 0.6) is 0 Å². The smallest absolute Gasteiger partial charge is 0.443 e. The number of carbonyl (C=O) groups excluding carboxylic acids is 2. The number of anilines is 1. The van der Waals surface area contributed by atoms with Crippen LogP contribution >= 0.6 is 0 Å². The number of rotatable bonds is 2. The quantitative estimate of drug-likeness (QED) is 0.760. The second-order valence-electron chi connectivity index (χ2n) is 6.97. The predicted octanol–water partition coefficient (Wildman–Crippen LogP) is 0.833. The molecular formula is C14H22BN3O6. The van der Waals surface area contributed by atoms with Gasteiger partial charge in [0.25, 0.3) is 0 Å². The minimum atomic E-state index is -1.91. The minimum absolute atomic E-state index is 0.232. The molecule has 9 nitrogen and oxygen atoms in total. The lowest BCUT2D eigenvalue weighted by atomic mass is 9.87. The molecule has 2 amide bonds. The molecule has 0 aromatic carbocycles. The van der Waals surface area contributed by atoms with Crippen LogP contribution in [0.25, 0.3) is 0 Å². The zero-order chi connectivity index (χ0) is 18.7. The largest absolute Gasteiger partial charge is 0.509 e. The number of hydrogen-bond donors (Lipinski definition) is 2. The fourth-order valence-corrected chi connectivity index (χ4v) is 1.48. The zero-order valence-electron chi connectivity index (χ0n) is 14.6. The van der Waals surface area contributed by atoms with Crippen molar-refractivity contribution in [1.29, 1.82) is 0 Å². The molecule has 2 N–H and O–H groups in total. The Hall–Kier alpha value is -2.20. The second kappa shape index (κ2) is 7.14. The van der Waals surface area contributed by atoms with Gasteiger partial charge in [0, 0.05) is 6.20 Å². The Morgan fingerprint density at radius 3 is 1.83 bits per heavy atom. The molecule has 1 aromatic heterocycles. The summed E-state index contributed by atoms with van der Waals surface area (Å²) in [6.45, 7) is 9.82. The van der Waals surface area contributed by atoms with E-state index in [-0.39, 0.29) is 11.4 Å². The van der Waals surface area contributed by atoms with Crippen molar-refractivity contribution < 1.29 is 29.1 Å². The van der Waals surface area contributed by atoms with Crippen molar-refractivity contribution in [3.8, 4) is 0 Å². The van der Waals surface area contributed by atoms with Gasteiger partial charge in [0.1, 0.15) is 11.2 Å². The number of amides is 2. The maximum atomic E-state index is 12.4. The molecule has 0 aliphatic carbocycles. The van der Waals surface area contributed by atoms with Crippen LogP contribution in [-0.4, -0.2) is 50.5 Å². The number of nitrogens with zero attached hydrogens (tertiary/aromatic N) is 3. The summed E-state index contributed by atoms with van der Waals surface area (Å²) in [6, 6.07) is 0. The van der Waals surface area contributed by atoms with Crippen LogP contribution in [0.2, 0.25) is 0 Å². The van der Waals surface area contributed by atoms with Gasteiger partial charge in [-0.25, -0.2) is 14.6 Å². The van der Waals surface area contributed by atoms with Crippen LogP contribution in [0.1, 0.15) is 41.5 Å². The normalized spacial score (nSPS) is 11.7. The first-order valence-corrected chi connectivity index (χ1v) is 7.24. The van der Waals surface area contributed by atoms with E-state index in [1.54, 1.807) is 41.5 Å². The van der Waals surface area contributed by atoms with Gasteiger partial charge >= 0.3 is 19.3 Å². The highest BCUT2D eigenvalue weighted by molar-refractivity contribution is 6.57. The van der Waals surface area contributed by atoms with Gasteiger partial charge < -0.3 is 19.5 Å². The van der Waals surface area contributed by atoms with Crippen LogP contribution < -0.4 is 10.5 Å². The summed E-state index contributed by atoms with van der Waals surface area (Å²) in [7, 11) is -1.91. The van der Waals surface area contributed by atoms with Crippen molar-refractivity contribution in [3.05, 3.63) is 12.4 Å². The fourth-order valence-electron chi connectivity index (χ4n) is 1.48. The maximum Gasteiger partial charge on any atom is 0.509 e. The van der Waals surface area contributed by atoms with Crippen molar-refractivity contribution >= 4 is 30.7 Å². The fraction of sp³-hybridized carbons (Fsp3) is 0.571. The van der Waals surface area contributed by atoms with E-state index in [1.165, 1.54) is 0 Å². The van der Waals surface area contributed by atoms with Crippen LogP contribution in [0.4, 0.5) is 15.4 Å². The highest BCUT2D eigenvalue weighted by atomic mass is 16.6. The molecule has 1 rings (SSSR count). The van der Waals surface area contributed by atoms with Crippen LogP contribution in [-0.2, 0) is 9.47 Å². The number of hydrogen-bond acceptors (Lipinski definition) is 8. The summed E-state index contributed by atoms with van der Waals surface area (Å²) in [5, 5.41) is 18.4. The molecule has 1 aromatic rings. The molecule has 1 heterocycles. The number of ether oxygens (including phenoxy) is 2. The third-order valence-electron chi connectivity index (χ3n) is 2.29. The summed E-state index contributed by atoms with van der Waals surface area (Å²) < 4.78 is 10.4. The van der Waals surface area contributed by atoms with Gasteiger partial charge in [-0.05, 0) is 41.5 Å². The van der Waals surface area contributed by atoms with Gasteiger partial charge in [-0.15, -0.1) is 0 Å². The van der Waals surface area contributed by atoms with Crippen molar-refractivity contribution in [1.82, 2.24) is 9.97 Å². The summed E-state index contributed by atoms with van der Waals surface area (Å²) >= 11 is 0. The number of carbonyl (C=O) groups is 2. The summed E-state index contributed by atoms with van der Waals surface area (Å²) in [4.78, 5) is 32.9. The van der Waals surface area contributed by atoms with E-state index < -0.39 is 30.5 Å². The molecule has 0 unspecified atom stereocenters. The van der Waals surface area contributed by atoms with Gasteiger partial charge in [-0.2, -0.15) is 4.90 Å². The monoisotopic (exact) mass is 339 g/mol. The van der Waals surface area contributed by atoms with Gasteiger partial charge in [0.15, 0.2) is 5.82 Å². The molecule has 24 heavy (non-hydrogen) atoms. The topological polar surface area (TPSA) is 122 Å². The Balaban J connectivity index is 3.25. The minimum Gasteiger partial charge on any atom is -0.443 e. The average molecular weight is 339 g/mol. The summed E-state index contributed by atoms with van der Waals surface area (Å²) in [5.74, 6) is -0.246. The van der Waals surface area contributed by atoms with E-state index in [1.807, 2.05) is 0 Å². The molecule has 132 valence electrons. The van der Waals surface area contributed by atoms with Crippen LogP contribution in [0, 0.1) is 0 Å². The molecule has 0 spiro atoms. The first-order chi connectivity index (χ1) is 10.8. The Kier molecular flexibility index (Phi) is 5.91. The van der Waals surface area contributed by atoms with Gasteiger partial charge in [0.05, 0.1) is 11.8 Å². The Morgan fingerprint density at radius 2 is 1.46 bits per heavy atom. The van der Waals surface area contributed by atoms with Crippen molar-refractivity contribution in [2.45, 2.75) is 52.7 Å². The highest BCUT2D eigenvalue weighted by Gasteiger charge is 2.34. The van der Waals surface area contributed by atoms with Crippen LogP contribution in [0.15, 0.2) is 12.4 Å². The Morgan fingerprint density at radius 1 is 1.00 bits per heavy atom. The van der Waals surface area contributed by atoms with Crippen molar-refractivity contribution in [2.75, 3.05) is 4.90 Å². The molecular weight excluding hydrogens is 317 g/mol.